The molecule has 0 fully saturated rings. The van der Waals surface area contributed by atoms with E-state index in [0.29, 0.717) is 0 Å². The van der Waals surface area contributed by atoms with Gasteiger partial charge < -0.3 is 10.1 Å². The van der Waals surface area contributed by atoms with Crippen molar-refractivity contribution in [1.82, 2.24) is 0 Å². The molecule has 2 aromatic rings. The van der Waals surface area contributed by atoms with Crippen molar-refractivity contribution in [1.29, 1.82) is 0 Å². The van der Waals surface area contributed by atoms with Gasteiger partial charge in [-0.1, -0.05) is 45.0 Å². The van der Waals surface area contributed by atoms with Gasteiger partial charge in [-0.3, -0.25) is 4.79 Å². The zero-order chi connectivity index (χ0) is 17.9. The Morgan fingerprint density at radius 2 is 1.71 bits per heavy atom. The molecular formula is C21H27NO2. The quantitative estimate of drug-likeness (QED) is 0.858. The van der Waals surface area contributed by atoms with Crippen LogP contribution >= 0.6 is 0 Å². The second-order valence-electron chi connectivity index (χ2n) is 7.29. The van der Waals surface area contributed by atoms with Crippen molar-refractivity contribution in [2.75, 3.05) is 5.32 Å². The minimum absolute atomic E-state index is 0.0408. The molecule has 0 saturated heterocycles. The van der Waals surface area contributed by atoms with Crippen LogP contribution in [0.15, 0.2) is 42.5 Å². The number of benzene rings is 2. The van der Waals surface area contributed by atoms with Gasteiger partial charge in [-0.25, -0.2) is 0 Å². The van der Waals surface area contributed by atoms with Crippen LogP contribution in [0.4, 0.5) is 5.69 Å². The van der Waals surface area contributed by atoms with Gasteiger partial charge in [0, 0.05) is 5.69 Å². The fourth-order valence-corrected chi connectivity index (χ4v) is 2.50. The van der Waals surface area contributed by atoms with Gasteiger partial charge in [0.25, 0.3) is 5.91 Å². The van der Waals surface area contributed by atoms with Crippen LogP contribution in [0.1, 0.15) is 44.4 Å². The fraction of sp³-hybridized carbons (Fsp3) is 0.381. The summed E-state index contributed by atoms with van der Waals surface area (Å²) in [7, 11) is 0. The van der Waals surface area contributed by atoms with E-state index in [-0.39, 0.29) is 11.3 Å². The molecule has 2 aromatic carbocycles. The summed E-state index contributed by atoms with van der Waals surface area (Å²) in [6.07, 6.45) is -0.574. The van der Waals surface area contributed by atoms with Crippen LogP contribution < -0.4 is 10.1 Å². The highest BCUT2D eigenvalue weighted by Gasteiger charge is 2.22. The highest BCUT2D eigenvalue weighted by Crippen LogP contribution is 2.31. The SMILES string of the molecule is Cc1ccc(NC(=O)C(C)Oc2ccccc2C(C)(C)C)cc1C. The Kier molecular flexibility index (Phi) is 5.33. The van der Waals surface area contributed by atoms with Gasteiger partial charge in [-0.2, -0.15) is 0 Å². The Bertz CT molecular complexity index is 729. The van der Waals surface area contributed by atoms with E-state index < -0.39 is 6.10 Å². The van der Waals surface area contributed by atoms with Crippen LogP contribution in [-0.4, -0.2) is 12.0 Å². The predicted octanol–water partition coefficient (Wildman–Crippen LogP) is 5.01. The molecule has 0 heterocycles. The van der Waals surface area contributed by atoms with Crippen molar-refractivity contribution in [3.8, 4) is 5.75 Å². The molecule has 0 spiro atoms. The zero-order valence-electron chi connectivity index (χ0n) is 15.4. The van der Waals surface area contributed by atoms with Crippen LogP contribution in [0, 0.1) is 13.8 Å². The largest absolute Gasteiger partial charge is 0.481 e. The average molecular weight is 325 g/mol. The molecule has 0 aliphatic rings. The number of hydrogen-bond acceptors (Lipinski definition) is 2. The third kappa shape index (κ3) is 4.38. The molecule has 0 aliphatic carbocycles. The lowest BCUT2D eigenvalue weighted by molar-refractivity contribution is -0.122. The molecule has 0 aliphatic heterocycles. The number of carbonyl (C=O) groups excluding carboxylic acids is 1. The number of ether oxygens (including phenoxy) is 1. The van der Waals surface area contributed by atoms with E-state index in [4.69, 9.17) is 4.74 Å². The molecule has 3 nitrogen and oxygen atoms in total. The van der Waals surface area contributed by atoms with Crippen molar-refractivity contribution in [3.05, 3.63) is 59.2 Å². The van der Waals surface area contributed by atoms with Crippen molar-refractivity contribution < 1.29 is 9.53 Å². The predicted molar refractivity (Wildman–Crippen MR) is 99.8 cm³/mol. The minimum atomic E-state index is -0.574. The number of carbonyl (C=O) groups is 1. The lowest BCUT2D eigenvalue weighted by Crippen LogP contribution is -2.31. The van der Waals surface area contributed by atoms with Gasteiger partial charge in [0.15, 0.2) is 6.10 Å². The fourth-order valence-electron chi connectivity index (χ4n) is 2.50. The van der Waals surface area contributed by atoms with Gasteiger partial charge in [0.05, 0.1) is 0 Å². The first-order valence-electron chi connectivity index (χ1n) is 8.33. The topological polar surface area (TPSA) is 38.3 Å². The first kappa shape index (κ1) is 18.1. The Hall–Kier alpha value is -2.29. The molecule has 0 bridgehead atoms. The van der Waals surface area contributed by atoms with Crippen molar-refractivity contribution in [2.45, 2.75) is 53.1 Å². The van der Waals surface area contributed by atoms with Gasteiger partial charge >= 0.3 is 0 Å². The third-order valence-electron chi connectivity index (χ3n) is 4.14. The highest BCUT2D eigenvalue weighted by molar-refractivity contribution is 5.94. The summed E-state index contributed by atoms with van der Waals surface area (Å²) in [6, 6.07) is 13.8. The number of rotatable bonds is 4. The summed E-state index contributed by atoms with van der Waals surface area (Å²) in [5.41, 5.74) is 4.20. The zero-order valence-corrected chi connectivity index (χ0v) is 15.4. The summed E-state index contributed by atoms with van der Waals surface area (Å²) >= 11 is 0. The summed E-state index contributed by atoms with van der Waals surface area (Å²) in [4.78, 5) is 12.4. The van der Waals surface area contributed by atoms with Gasteiger partial charge in [-0.05, 0) is 61.1 Å². The van der Waals surface area contributed by atoms with Gasteiger partial charge in [0.2, 0.25) is 0 Å². The number of nitrogens with one attached hydrogen (secondary N) is 1. The molecule has 1 amide bonds. The van der Waals surface area contributed by atoms with E-state index in [1.54, 1.807) is 6.92 Å². The Balaban J connectivity index is 2.11. The van der Waals surface area contributed by atoms with Crippen LogP contribution in [0.25, 0.3) is 0 Å². The number of anilines is 1. The summed E-state index contributed by atoms with van der Waals surface area (Å²) in [5.74, 6) is 0.606. The molecule has 2 rings (SSSR count). The van der Waals surface area contributed by atoms with E-state index in [9.17, 15) is 4.79 Å². The maximum absolute atomic E-state index is 12.4. The lowest BCUT2D eigenvalue weighted by Gasteiger charge is -2.24. The minimum Gasteiger partial charge on any atom is -0.481 e. The average Bonchev–Trinajstić information content (AvgIpc) is 2.50. The summed E-state index contributed by atoms with van der Waals surface area (Å²) in [5, 5.41) is 2.92. The van der Waals surface area contributed by atoms with E-state index in [2.05, 4.69) is 33.0 Å². The van der Waals surface area contributed by atoms with E-state index >= 15 is 0 Å². The Morgan fingerprint density at radius 1 is 1.04 bits per heavy atom. The third-order valence-corrected chi connectivity index (χ3v) is 4.14. The molecular weight excluding hydrogens is 298 g/mol. The normalized spacial score (nSPS) is 12.6. The van der Waals surface area contributed by atoms with Crippen molar-refractivity contribution >= 4 is 11.6 Å². The van der Waals surface area contributed by atoms with Crippen molar-refractivity contribution in [3.63, 3.8) is 0 Å². The molecule has 1 atom stereocenters. The molecule has 128 valence electrons. The standard InChI is InChI=1S/C21H27NO2/c1-14-11-12-17(13-15(14)2)22-20(23)16(3)24-19-10-8-7-9-18(19)21(4,5)6/h7-13,16H,1-6H3,(H,22,23). The monoisotopic (exact) mass is 325 g/mol. The Morgan fingerprint density at radius 3 is 2.33 bits per heavy atom. The second kappa shape index (κ2) is 7.08. The molecule has 24 heavy (non-hydrogen) atoms. The van der Waals surface area contributed by atoms with E-state index in [1.165, 1.54) is 5.56 Å². The van der Waals surface area contributed by atoms with Crippen molar-refractivity contribution in [2.24, 2.45) is 0 Å². The molecule has 1 N–H and O–H groups in total. The van der Waals surface area contributed by atoms with Gasteiger partial charge in [-0.15, -0.1) is 0 Å². The number of para-hydroxylation sites is 1. The molecule has 0 aromatic heterocycles. The number of hydrogen-bond donors (Lipinski definition) is 1. The summed E-state index contributed by atoms with van der Waals surface area (Å²) in [6.45, 7) is 12.3. The second-order valence-corrected chi connectivity index (χ2v) is 7.29. The maximum Gasteiger partial charge on any atom is 0.265 e. The van der Waals surface area contributed by atoms with E-state index in [1.807, 2.05) is 49.4 Å². The Labute approximate surface area is 145 Å². The van der Waals surface area contributed by atoms with Crippen LogP contribution in [-0.2, 0) is 10.2 Å². The highest BCUT2D eigenvalue weighted by atomic mass is 16.5. The number of aryl methyl sites for hydroxylation is 2. The number of amides is 1. The summed E-state index contributed by atoms with van der Waals surface area (Å²) < 4.78 is 5.95. The van der Waals surface area contributed by atoms with Crippen LogP contribution in [0.2, 0.25) is 0 Å². The van der Waals surface area contributed by atoms with Crippen LogP contribution in [0.3, 0.4) is 0 Å². The smallest absolute Gasteiger partial charge is 0.265 e. The molecule has 0 radical (unpaired) electrons. The molecule has 1 unspecified atom stereocenters. The molecule has 3 heteroatoms. The lowest BCUT2D eigenvalue weighted by atomic mass is 9.86. The molecule has 0 saturated carbocycles. The first-order valence-corrected chi connectivity index (χ1v) is 8.33. The van der Waals surface area contributed by atoms with Gasteiger partial charge in [0.1, 0.15) is 5.75 Å². The maximum atomic E-state index is 12.4. The van der Waals surface area contributed by atoms with E-state index in [0.717, 1.165) is 22.6 Å². The van der Waals surface area contributed by atoms with Crippen LogP contribution in [0.5, 0.6) is 5.75 Å². The first-order chi connectivity index (χ1) is 11.2.